The molecule has 12 heteroatoms. The molecule has 0 unspecified atom stereocenters. The predicted molar refractivity (Wildman–Crippen MR) is 120 cm³/mol. The molecule has 3 aromatic rings. The molecular formula is C22H23F3N6O3. The molecule has 0 aliphatic rings. The van der Waals surface area contributed by atoms with Crippen molar-refractivity contribution in [3.8, 4) is 0 Å². The first-order valence-electron chi connectivity index (χ1n) is 10.5. The molecule has 9 nitrogen and oxygen atoms in total. The Morgan fingerprint density at radius 1 is 1.21 bits per heavy atom. The summed E-state index contributed by atoms with van der Waals surface area (Å²) in [5.74, 6) is -0.827. The smallest absolute Gasteiger partial charge is 0.384 e. The van der Waals surface area contributed by atoms with Gasteiger partial charge in [0.05, 0.1) is 29.4 Å². The number of nitrogen functional groups attached to an aromatic ring is 1. The molecule has 0 aliphatic carbocycles. The Hall–Kier alpha value is -3.96. The van der Waals surface area contributed by atoms with Crippen LogP contribution in [0.1, 0.15) is 47.3 Å². The quantitative estimate of drug-likeness (QED) is 0.526. The maximum Gasteiger partial charge on any atom is 0.416 e. The summed E-state index contributed by atoms with van der Waals surface area (Å²) in [6.07, 6.45) is -0.344. The lowest BCUT2D eigenvalue weighted by atomic mass is 10.1. The Balaban J connectivity index is 1.84. The van der Waals surface area contributed by atoms with E-state index in [1.807, 2.05) is 6.92 Å². The number of benzene rings is 1. The SMILES string of the molecule is CCCn1c(=O)c(C=NC(=O)c2cnn(Cc3cccc(C(F)(F)F)c3)c2)c(N)n(CC)c1=O. The van der Waals surface area contributed by atoms with Crippen LogP contribution in [0.15, 0.2) is 51.2 Å². The van der Waals surface area contributed by atoms with Gasteiger partial charge in [0, 0.05) is 25.5 Å². The molecule has 1 amide bonds. The first-order valence-corrected chi connectivity index (χ1v) is 10.5. The van der Waals surface area contributed by atoms with E-state index in [0.717, 1.165) is 22.9 Å². The lowest BCUT2D eigenvalue weighted by molar-refractivity contribution is -0.137. The number of aromatic nitrogens is 4. The van der Waals surface area contributed by atoms with Crippen LogP contribution in [0.2, 0.25) is 0 Å². The monoisotopic (exact) mass is 476 g/mol. The molecule has 0 aliphatic heterocycles. The number of amides is 1. The number of alkyl halides is 3. The molecule has 2 heterocycles. The molecule has 2 N–H and O–H groups in total. The van der Waals surface area contributed by atoms with E-state index in [1.54, 1.807) is 6.92 Å². The third kappa shape index (κ3) is 5.16. The first kappa shape index (κ1) is 24.7. The second-order valence-corrected chi connectivity index (χ2v) is 7.47. The fraction of sp³-hybridized carbons (Fsp3) is 0.318. The van der Waals surface area contributed by atoms with Crippen LogP contribution in [-0.2, 0) is 25.8 Å². The van der Waals surface area contributed by atoms with E-state index in [4.69, 9.17) is 5.73 Å². The van der Waals surface area contributed by atoms with Crippen LogP contribution in [0.25, 0.3) is 0 Å². The molecule has 0 saturated carbocycles. The largest absolute Gasteiger partial charge is 0.416 e. The molecule has 0 spiro atoms. The van der Waals surface area contributed by atoms with Gasteiger partial charge >= 0.3 is 11.9 Å². The van der Waals surface area contributed by atoms with Gasteiger partial charge < -0.3 is 5.73 Å². The van der Waals surface area contributed by atoms with Gasteiger partial charge in [0.25, 0.3) is 11.5 Å². The number of hydrogen-bond donors (Lipinski definition) is 1. The van der Waals surface area contributed by atoms with Gasteiger partial charge in [-0.15, -0.1) is 0 Å². The Bertz CT molecular complexity index is 1350. The Morgan fingerprint density at radius 3 is 2.59 bits per heavy atom. The number of anilines is 1. The number of rotatable bonds is 7. The van der Waals surface area contributed by atoms with E-state index >= 15 is 0 Å². The highest BCUT2D eigenvalue weighted by atomic mass is 19.4. The number of hydrogen-bond acceptors (Lipinski definition) is 5. The first-order chi connectivity index (χ1) is 16.1. The van der Waals surface area contributed by atoms with E-state index < -0.39 is 28.9 Å². The van der Waals surface area contributed by atoms with Gasteiger partial charge in [-0.05, 0) is 31.0 Å². The average Bonchev–Trinajstić information content (AvgIpc) is 3.25. The van der Waals surface area contributed by atoms with Crippen LogP contribution >= 0.6 is 0 Å². The van der Waals surface area contributed by atoms with Crippen molar-refractivity contribution in [3.05, 3.63) is 79.8 Å². The van der Waals surface area contributed by atoms with E-state index in [1.165, 1.54) is 33.8 Å². The summed E-state index contributed by atoms with van der Waals surface area (Å²) in [4.78, 5) is 41.4. The fourth-order valence-electron chi connectivity index (χ4n) is 3.37. The lowest BCUT2D eigenvalue weighted by Crippen LogP contribution is -2.42. The third-order valence-electron chi connectivity index (χ3n) is 5.06. The summed E-state index contributed by atoms with van der Waals surface area (Å²) < 4.78 is 42.3. The topological polar surface area (TPSA) is 117 Å². The Labute approximate surface area is 192 Å². The number of carbonyl (C=O) groups excluding carboxylic acids is 1. The van der Waals surface area contributed by atoms with Crippen LogP contribution in [0.5, 0.6) is 0 Å². The van der Waals surface area contributed by atoms with Crippen molar-refractivity contribution >= 4 is 17.9 Å². The number of nitrogens with two attached hydrogens (primary N) is 1. The minimum Gasteiger partial charge on any atom is -0.384 e. The predicted octanol–water partition coefficient (Wildman–Crippen LogP) is 2.55. The molecule has 3 rings (SSSR count). The van der Waals surface area contributed by atoms with Gasteiger partial charge in [-0.2, -0.15) is 18.3 Å². The summed E-state index contributed by atoms with van der Waals surface area (Å²) in [6.45, 7) is 3.94. The van der Waals surface area contributed by atoms with Crippen molar-refractivity contribution in [2.45, 2.75) is 46.1 Å². The van der Waals surface area contributed by atoms with Crippen LogP contribution in [0.4, 0.5) is 19.0 Å². The Kier molecular flexibility index (Phi) is 7.18. The number of halogens is 3. The molecule has 1 aromatic carbocycles. The highest BCUT2D eigenvalue weighted by molar-refractivity contribution is 6.02. The van der Waals surface area contributed by atoms with Crippen molar-refractivity contribution in [2.75, 3.05) is 5.73 Å². The second kappa shape index (κ2) is 9.89. The molecule has 0 bridgehead atoms. The van der Waals surface area contributed by atoms with Crippen LogP contribution in [0.3, 0.4) is 0 Å². The molecule has 0 fully saturated rings. The lowest BCUT2D eigenvalue weighted by Gasteiger charge is -2.13. The number of carbonyl (C=O) groups is 1. The molecule has 2 aromatic heterocycles. The number of nitrogens with zero attached hydrogens (tertiary/aromatic N) is 5. The zero-order valence-electron chi connectivity index (χ0n) is 18.5. The van der Waals surface area contributed by atoms with Gasteiger partial charge in [0.15, 0.2) is 0 Å². The molecular weight excluding hydrogens is 453 g/mol. The minimum atomic E-state index is -4.46. The molecule has 34 heavy (non-hydrogen) atoms. The highest BCUT2D eigenvalue weighted by Gasteiger charge is 2.30. The van der Waals surface area contributed by atoms with Crippen molar-refractivity contribution in [3.63, 3.8) is 0 Å². The second-order valence-electron chi connectivity index (χ2n) is 7.47. The van der Waals surface area contributed by atoms with Crippen LogP contribution in [-0.4, -0.2) is 31.0 Å². The summed E-state index contributed by atoms with van der Waals surface area (Å²) >= 11 is 0. The summed E-state index contributed by atoms with van der Waals surface area (Å²) in [6, 6.07) is 4.79. The highest BCUT2D eigenvalue weighted by Crippen LogP contribution is 2.29. The van der Waals surface area contributed by atoms with Gasteiger partial charge in [-0.1, -0.05) is 19.1 Å². The maximum atomic E-state index is 12.9. The van der Waals surface area contributed by atoms with E-state index in [2.05, 4.69) is 10.1 Å². The van der Waals surface area contributed by atoms with Gasteiger partial charge in [0.2, 0.25) is 0 Å². The van der Waals surface area contributed by atoms with E-state index in [9.17, 15) is 27.6 Å². The third-order valence-corrected chi connectivity index (χ3v) is 5.06. The van der Waals surface area contributed by atoms with Gasteiger partial charge in [-0.25, -0.2) is 9.79 Å². The molecule has 0 radical (unpaired) electrons. The zero-order chi connectivity index (χ0) is 25.0. The Morgan fingerprint density at radius 2 is 1.94 bits per heavy atom. The van der Waals surface area contributed by atoms with Crippen molar-refractivity contribution in [1.82, 2.24) is 18.9 Å². The standard InChI is InChI=1S/C22H23F3N6O3/c1-3-8-31-20(33)17(18(26)30(4-2)21(31)34)11-27-19(32)15-10-28-29(13-15)12-14-6-5-7-16(9-14)22(23,24)25/h5-7,9-11,13H,3-4,8,12,26H2,1-2H3. The van der Waals surface area contributed by atoms with Crippen molar-refractivity contribution in [1.29, 1.82) is 0 Å². The summed E-state index contributed by atoms with van der Waals surface area (Å²) in [5.41, 5.74) is 4.34. The summed E-state index contributed by atoms with van der Waals surface area (Å²) in [5, 5.41) is 4.00. The van der Waals surface area contributed by atoms with Crippen LogP contribution in [0, 0.1) is 0 Å². The summed E-state index contributed by atoms with van der Waals surface area (Å²) in [7, 11) is 0. The van der Waals surface area contributed by atoms with Crippen molar-refractivity contribution < 1.29 is 18.0 Å². The zero-order valence-corrected chi connectivity index (χ0v) is 18.5. The fourth-order valence-corrected chi connectivity index (χ4v) is 3.37. The van der Waals surface area contributed by atoms with E-state index in [0.29, 0.717) is 12.0 Å². The van der Waals surface area contributed by atoms with E-state index in [-0.39, 0.29) is 36.6 Å². The minimum absolute atomic E-state index is 0.0110. The van der Waals surface area contributed by atoms with Crippen LogP contribution < -0.4 is 17.0 Å². The average molecular weight is 476 g/mol. The van der Waals surface area contributed by atoms with Gasteiger partial charge in [0.1, 0.15) is 5.82 Å². The van der Waals surface area contributed by atoms with Gasteiger partial charge in [-0.3, -0.25) is 23.4 Å². The maximum absolute atomic E-state index is 12.9. The normalized spacial score (nSPS) is 11.9. The molecule has 0 saturated heterocycles. The van der Waals surface area contributed by atoms with Crippen molar-refractivity contribution in [2.24, 2.45) is 4.99 Å². The molecule has 180 valence electrons. The molecule has 0 atom stereocenters. The number of aliphatic imine (C=N–C) groups is 1.